The normalized spacial score (nSPS) is 18.1. The average molecular weight is 493 g/mol. The van der Waals surface area contributed by atoms with Crippen LogP contribution in [0.2, 0.25) is 0 Å². The van der Waals surface area contributed by atoms with E-state index in [4.69, 9.17) is 4.98 Å². The van der Waals surface area contributed by atoms with Crippen molar-refractivity contribution in [3.8, 4) is 6.07 Å². The van der Waals surface area contributed by atoms with Crippen LogP contribution < -0.4 is 15.1 Å². The number of aromatic amines is 1. The summed E-state index contributed by atoms with van der Waals surface area (Å²) in [5.74, 6) is 1.16. The Morgan fingerprint density at radius 3 is 2.78 bits per heavy atom. The van der Waals surface area contributed by atoms with E-state index in [1.807, 2.05) is 32.0 Å². The fourth-order valence-corrected chi connectivity index (χ4v) is 5.65. The molecule has 4 aromatic rings. The summed E-state index contributed by atoms with van der Waals surface area (Å²) < 4.78 is 0. The maximum absolute atomic E-state index is 13.8. The fourth-order valence-electron chi connectivity index (χ4n) is 5.65. The summed E-state index contributed by atoms with van der Waals surface area (Å²) in [7, 11) is 0. The summed E-state index contributed by atoms with van der Waals surface area (Å²) in [4.78, 5) is 27.2. The number of carbonyl (C=O) groups is 1. The number of hydrogen-bond donors (Lipinski definition) is 2. The largest absolute Gasteiger partial charge is 0.340 e. The Morgan fingerprint density at radius 1 is 1.14 bits per heavy atom. The lowest BCUT2D eigenvalue weighted by Crippen LogP contribution is -2.55. The molecule has 0 spiro atoms. The van der Waals surface area contributed by atoms with Gasteiger partial charge < -0.3 is 10.2 Å². The second-order valence-electron chi connectivity index (χ2n) is 9.87. The van der Waals surface area contributed by atoms with Gasteiger partial charge in [-0.3, -0.25) is 14.8 Å². The number of anilines is 5. The first-order valence-corrected chi connectivity index (χ1v) is 12.7. The monoisotopic (exact) mass is 492 g/mol. The number of hydrogen-bond acceptors (Lipinski definition) is 7. The van der Waals surface area contributed by atoms with Crippen molar-refractivity contribution in [3.05, 3.63) is 59.9 Å². The van der Waals surface area contributed by atoms with E-state index < -0.39 is 6.04 Å². The first kappa shape index (κ1) is 23.0. The number of benzene rings is 2. The molecule has 1 aliphatic carbocycles. The summed E-state index contributed by atoms with van der Waals surface area (Å²) in [6.07, 6.45) is 9.09. The van der Waals surface area contributed by atoms with Gasteiger partial charge in [-0.1, -0.05) is 25.3 Å². The maximum Gasteiger partial charge on any atom is 0.254 e. The van der Waals surface area contributed by atoms with Gasteiger partial charge in [-0.05, 0) is 62.6 Å². The molecular weight excluding hydrogens is 464 g/mol. The molecule has 0 unspecified atom stereocenters. The summed E-state index contributed by atoms with van der Waals surface area (Å²) >= 11 is 0. The summed E-state index contributed by atoms with van der Waals surface area (Å²) in [6.45, 7) is 3.98. The molecule has 2 aromatic carbocycles. The van der Waals surface area contributed by atoms with E-state index in [0.717, 1.165) is 53.7 Å². The molecule has 0 bridgehead atoms. The van der Waals surface area contributed by atoms with Crippen LogP contribution in [0.1, 0.15) is 50.2 Å². The predicted octanol–water partition coefficient (Wildman–Crippen LogP) is 5.48. The third kappa shape index (κ3) is 4.04. The van der Waals surface area contributed by atoms with Gasteiger partial charge in [-0.15, -0.1) is 0 Å². The number of aromatic nitrogens is 4. The number of aryl methyl sites for hydroxylation is 1. The van der Waals surface area contributed by atoms with Crippen molar-refractivity contribution >= 4 is 45.6 Å². The number of amides is 1. The zero-order valence-corrected chi connectivity index (χ0v) is 20.9. The average Bonchev–Trinajstić information content (AvgIpc) is 3.40. The third-order valence-electron chi connectivity index (χ3n) is 7.43. The first-order chi connectivity index (χ1) is 18.0. The molecule has 2 aromatic heterocycles. The Labute approximate surface area is 215 Å². The smallest absolute Gasteiger partial charge is 0.254 e. The van der Waals surface area contributed by atoms with Crippen LogP contribution in [-0.4, -0.2) is 38.2 Å². The predicted molar refractivity (Wildman–Crippen MR) is 143 cm³/mol. The van der Waals surface area contributed by atoms with Gasteiger partial charge in [0.15, 0.2) is 5.82 Å². The molecule has 6 rings (SSSR count). The second-order valence-corrected chi connectivity index (χ2v) is 9.87. The Bertz CT molecular complexity index is 1530. The molecule has 1 amide bonds. The van der Waals surface area contributed by atoms with Crippen molar-refractivity contribution in [2.24, 2.45) is 0 Å². The van der Waals surface area contributed by atoms with Crippen molar-refractivity contribution in [1.82, 2.24) is 20.2 Å². The number of fused-ring (bicyclic) bond motifs is 2. The summed E-state index contributed by atoms with van der Waals surface area (Å²) in [6, 6.07) is 13.2. The summed E-state index contributed by atoms with van der Waals surface area (Å²) in [5.41, 5.74) is 4.72. The summed E-state index contributed by atoms with van der Waals surface area (Å²) in [5, 5.41) is 21.0. The molecule has 1 atom stereocenters. The van der Waals surface area contributed by atoms with Crippen LogP contribution in [0.5, 0.6) is 0 Å². The number of H-pyrrole nitrogens is 1. The molecule has 9 nitrogen and oxygen atoms in total. The molecule has 1 saturated carbocycles. The standard InChI is InChI=1S/C28H28N8O/c1-17-11-21(13-20-15-31-34-25(17)20)32-28-30-16-24-26(33-28)35(22-8-4-3-5-9-22)18(2)27(37)36(24)23-10-6-7-19(12-23)14-29/h6-7,10-13,15-16,18,22H,3-5,8-9H2,1-2H3,(H,31,34)(H,30,32,33)/t18-/m1/s1. The Kier molecular flexibility index (Phi) is 5.72. The highest BCUT2D eigenvalue weighted by Gasteiger charge is 2.41. The van der Waals surface area contributed by atoms with Gasteiger partial charge in [0.05, 0.1) is 35.2 Å². The van der Waals surface area contributed by atoms with Gasteiger partial charge in [0, 0.05) is 17.1 Å². The Balaban J connectivity index is 1.45. The molecular formula is C28H28N8O. The van der Waals surface area contributed by atoms with Gasteiger partial charge in [0.1, 0.15) is 11.7 Å². The van der Waals surface area contributed by atoms with Crippen molar-refractivity contribution in [1.29, 1.82) is 5.26 Å². The minimum atomic E-state index is -0.395. The van der Waals surface area contributed by atoms with Crippen LogP contribution in [0.4, 0.5) is 28.8 Å². The quantitative estimate of drug-likeness (QED) is 0.388. The SMILES string of the molecule is Cc1cc(Nc2ncc3c(n2)N(C2CCCCC2)[C@H](C)C(=O)N3c2cccc(C#N)c2)cc2cn[nH]c12. The molecule has 2 aliphatic rings. The highest BCUT2D eigenvalue weighted by Crippen LogP contribution is 2.42. The highest BCUT2D eigenvalue weighted by molar-refractivity contribution is 6.10. The minimum absolute atomic E-state index is 0.0430. The zero-order valence-electron chi connectivity index (χ0n) is 20.9. The lowest BCUT2D eigenvalue weighted by molar-refractivity contribution is -0.119. The van der Waals surface area contributed by atoms with Crippen molar-refractivity contribution in [3.63, 3.8) is 0 Å². The fraction of sp³-hybridized carbons (Fsp3) is 0.321. The third-order valence-corrected chi connectivity index (χ3v) is 7.43. The molecule has 2 N–H and O–H groups in total. The second kappa shape index (κ2) is 9.21. The van der Waals surface area contributed by atoms with E-state index in [2.05, 4.69) is 31.5 Å². The van der Waals surface area contributed by atoms with Gasteiger partial charge >= 0.3 is 0 Å². The van der Waals surface area contributed by atoms with Crippen molar-refractivity contribution in [2.75, 3.05) is 15.1 Å². The van der Waals surface area contributed by atoms with Gasteiger partial charge in [-0.25, -0.2) is 4.98 Å². The van der Waals surface area contributed by atoms with Crippen molar-refractivity contribution in [2.45, 2.75) is 58.0 Å². The van der Waals surface area contributed by atoms with Crippen LogP contribution in [0.3, 0.4) is 0 Å². The molecule has 186 valence electrons. The van der Waals surface area contributed by atoms with Crippen LogP contribution in [-0.2, 0) is 4.79 Å². The van der Waals surface area contributed by atoms with E-state index in [9.17, 15) is 10.1 Å². The molecule has 0 radical (unpaired) electrons. The van der Waals surface area contributed by atoms with Gasteiger partial charge in [0.25, 0.3) is 5.91 Å². The Morgan fingerprint density at radius 2 is 1.97 bits per heavy atom. The maximum atomic E-state index is 13.8. The van der Waals surface area contributed by atoms with E-state index in [0.29, 0.717) is 22.9 Å². The van der Waals surface area contributed by atoms with Crippen LogP contribution >= 0.6 is 0 Å². The van der Waals surface area contributed by atoms with Gasteiger partial charge in [-0.2, -0.15) is 15.3 Å². The van der Waals surface area contributed by atoms with E-state index >= 15 is 0 Å². The number of rotatable bonds is 4. The first-order valence-electron chi connectivity index (χ1n) is 12.7. The van der Waals surface area contributed by atoms with Crippen LogP contribution in [0.15, 0.2) is 48.8 Å². The Hall–Kier alpha value is -4.45. The molecule has 1 aliphatic heterocycles. The minimum Gasteiger partial charge on any atom is -0.340 e. The molecule has 3 heterocycles. The molecule has 9 heteroatoms. The van der Waals surface area contributed by atoms with Crippen LogP contribution in [0, 0.1) is 18.3 Å². The van der Waals surface area contributed by atoms with E-state index in [1.54, 1.807) is 35.5 Å². The number of nitrogens with one attached hydrogen (secondary N) is 2. The molecule has 0 saturated heterocycles. The topological polar surface area (TPSA) is 114 Å². The van der Waals surface area contributed by atoms with E-state index in [1.165, 1.54) is 6.42 Å². The lowest BCUT2D eigenvalue weighted by Gasteiger charge is -2.45. The number of nitriles is 1. The molecule has 37 heavy (non-hydrogen) atoms. The van der Waals surface area contributed by atoms with Gasteiger partial charge in [0.2, 0.25) is 5.95 Å². The van der Waals surface area contributed by atoms with Crippen LogP contribution in [0.25, 0.3) is 10.9 Å². The van der Waals surface area contributed by atoms with E-state index in [-0.39, 0.29) is 11.9 Å². The molecule has 1 fully saturated rings. The van der Waals surface area contributed by atoms with Crippen molar-refractivity contribution < 1.29 is 4.79 Å². The lowest BCUT2D eigenvalue weighted by atomic mass is 9.92. The number of nitrogens with zero attached hydrogens (tertiary/aromatic N) is 6. The zero-order chi connectivity index (χ0) is 25.5. The highest BCUT2D eigenvalue weighted by atomic mass is 16.2. The number of carbonyl (C=O) groups excluding carboxylic acids is 1.